The molecule has 0 spiro atoms. The standard InChI is InChI=1S/C15H14BrFN2O3S2/c1-9-8-10(2-3-11(9)17)19-7-6-12(15(19)20)18-24(21,22)14-5-4-13(16)23-14/h2-5,8,12,18H,6-7H2,1H3/t12-/m0/s1. The van der Waals surface area contributed by atoms with Gasteiger partial charge in [-0.2, -0.15) is 4.72 Å². The van der Waals surface area contributed by atoms with Gasteiger partial charge in [0, 0.05) is 12.2 Å². The van der Waals surface area contributed by atoms with E-state index in [4.69, 9.17) is 0 Å². The van der Waals surface area contributed by atoms with Crippen molar-refractivity contribution in [3.63, 3.8) is 0 Å². The van der Waals surface area contributed by atoms with Gasteiger partial charge in [0.15, 0.2) is 0 Å². The molecule has 128 valence electrons. The Hall–Kier alpha value is -1.29. The number of nitrogens with zero attached hydrogens (tertiary/aromatic N) is 1. The maximum Gasteiger partial charge on any atom is 0.250 e. The van der Waals surface area contributed by atoms with E-state index in [2.05, 4.69) is 20.7 Å². The number of carbonyl (C=O) groups excluding carboxylic acids is 1. The molecule has 1 atom stereocenters. The number of anilines is 1. The number of hydrogen-bond donors (Lipinski definition) is 1. The monoisotopic (exact) mass is 432 g/mol. The lowest BCUT2D eigenvalue weighted by atomic mass is 10.2. The summed E-state index contributed by atoms with van der Waals surface area (Å²) in [6, 6.07) is 6.72. The van der Waals surface area contributed by atoms with E-state index >= 15 is 0 Å². The Labute approximate surface area is 151 Å². The molecule has 1 aromatic carbocycles. The fraction of sp³-hybridized carbons (Fsp3) is 0.267. The van der Waals surface area contributed by atoms with Crippen molar-refractivity contribution >= 4 is 48.9 Å². The highest BCUT2D eigenvalue weighted by Gasteiger charge is 2.36. The average Bonchev–Trinajstić information content (AvgIpc) is 3.10. The minimum absolute atomic E-state index is 0.151. The normalized spacial score (nSPS) is 18.4. The van der Waals surface area contributed by atoms with Gasteiger partial charge in [-0.15, -0.1) is 11.3 Å². The molecule has 24 heavy (non-hydrogen) atoms. The smallest absolute Gasteiger partial charge is 0.250 e. The van der Waals surface area contributed by atoms with Crippen molar-refractivity contribution in [3.05, 3.63) is 45.5 Å². The van der Waals surface area contributed by atoms with E-state index < -0.39 is 16.1 Å². The van der Waals surface area contributed by atoms with Gasteiger partial charge in [0.05, 0.1) is 3.79 Å². The van der Waals surface area contributed by atoms with Crippen LogP contribution in [0.3, 0.4) is 0 Å². The van der Waals surface area contributed by atoms with E-state index in [1.807, 2.05) is 0 Å². The maximum atomic E-state index is 13.4. The van der Waals surface area contributed by atoms with Crippen molar-refractivity contribution < 1.29 is 17.6 Å². The van der Waals surface area contributed by atoms with E-state index in [9.17, 15) is 17.6 Å². The van der Waals surface area contributed by atoms with Gasteiger partial charge < -0.3 is 4.90 Å². The second kappa shape index (κ2) is 6.55. The number of hydrogen-bond acceptors (Lipinski definition) is 4. The molecule has 1 saturated heterocycles. The largest absolute Gasteiger partial charge is 0.311 e. The van der Waals surface area contributed by atoms with Gasteiger partial charge in [-0.05, 0) is 65.2 Å². The average molecular weight is 433 g/mol. The number of amides is 1. The summed E-state index contributed by atoms with van der Waals surface area (Å²) in [5.74, 6) is -0.675. The highest BCUT2D eigenvalue weighted by molar-refractivity contribution is 9.11. The van der Waals surface area contributed by atoms with Crippen molar-refractivity contribution in [2.75, 3.05) is 11.4 Å². The number of benzene rings is 1. The van der Waals surface area contributed by atoms with Crippen LogP contribution in [0.5, 0.6) is 0 Å². The predicted molar refractivity (Wildman–Crippen MR) is 94.2 cm³/mol. The van der Waals surface area contributed by atoms with Crippen LogP contribution in [0.15, 0.2) is 38.3 Å². The van der Waals surface area contributed by atoms with Crippen LogP contribution >= 0.6 is 27.3 Å². The molecule has 1 amide bonds. The third kappa shape index (κ3) is 3.39. The van der Waals surface area contributed by atoms with Crippen LogP contribution in [0.2, 0.25) is 0 Å². The van der Waals surface area contributed by atoms with Gasteiger partial charge in [0.1, 0.15) is 16.1 Å². The first-order valence-corrected chi connectivity index (χ1v) is 10.2. The van der Waals surface area contributed by atoms with Crippen molar-refractivity contribution in [1.29, 1.82) is 0 Å². The minimum Gasteiger partial charge on any atom is -0.311 e. The first-order valence-electron chi connectivity index (χ1n) is 7.13. The molecule has 5 nitrogen and oxygen atoms in total. The number of thiophene rings is 1. The van der Waals surface area contributed by atoms with Crippen LogP contribution in [0, 0.1) is 12.7 Å². The zero-order chi connectivity index (χ0) is 17.5. The molecule has 0 saturated carbocycles. The molecular formula is C15H14BrFN2O3S2. The second-order valence-electron chi connectivity index (χ2n) is 5.44. The minimum atomic E-state index is -3.75. The van der Waals surface area contributed by atoms with Crippen molar-refractivity contribution in [3.8, 4) is 0 Å². The van der Waals surface area contributed by atoms with Crippen molar-refractivity contribution in [2.45, 2.75) is 23.6 Å². The molecule has 0 bridgehead atoms. The summed E-state index contributed by atoms with van der Waals surface area (Å²) >= 11 is 4.30. The third-order valence-corrected chi connectivity index (χ3v) is 7.36. The molecule has 0 radical (unpaired) electrons. The summed E-state index contributed by atoms with van der Waals surface area (Å²) in [6.07, 6.45) is 0.362. The Balaban J connectivity index is 1.78. The zero-order valence-electron chi connectivity index (χ0n) is 12.6. The Morgan fingerprint density at radius 3 is 2.71 bits per heavy atom. The molecule has 1 fully saturated rings. The van der Waals surface area contributed by atoms with Crippen molar-refractivity contribution in [2.24, 2.45) is 0 Å². The highest BCUT2D eigenvalue weighted by Crippen LogP contribution is 2.28. The van der Waals surface area contributed by atoms with Gasteiger partial charge in [-0.3, -0.25) is 4.79 Å². The number of sulfonamides is 1. The number of carbonyl (C=O) groups is 1. The van der Waals surface area contributed by atoms with Crippen LogP contribution in [-0.4, -0.2) is 26.9 Å². The lowest BCUT2D eigenvalue weighted by Crippen LogP contribution is -2.41. The summed E-state index contributed by atoms with van der Waals surface area (Å²) < 4.78 is 41.4. The second-order valence-corrected chi connectivity index (χ2v) is 9.85. The molecule has 2 aromatic rings. The van der Waals surface area contributed by atoms with Crippen LogP contribution in [0.1, 0.15) is 12.0 Å². The molecule has 1 aliphatic heterocycles. The summed E-state index contributed by atoms with van der Waals surface area (Å²) in [7, 11) is -3.75. The number of halogens is 2. The number of rotatable bonds is 4. The number of nitrogens with one attached hydrogen (secondary N) is 1. The third-order valence-electron chi connectivity index (χ3n) is 3.77. The Morgan fingerprint density at radius 1 is 1.33 bits per heavy atom. The summed E-state index contributed by atoms with van der Waals surface area (Å²) in [5.41, 5.74) is 1.01. The fourth-order valence-corrected chi connectivity index (χ4v) is 5.78. The van der Waals surface area contributed by atoms with Crippen LogP contribution in [-0.2, 0) is 14.8 Å². The van der Waals surface area contributed by atoms with Gasteiger partial charge in [0.25, 0.3) is 10.0 Å². The van der Waals surface area contributed by atoms with Gasteiger partial charge in [-0.25, -0.2) is 12.8 Å². The molecular weight excluding hydrogens is 419 g/mol. The topological polar surface area (TPSA) is 66.5 Å². The Kier molecular flexibility index (Phi) is 4.78. The van der Waals surface area contributed by atoms with E-state index in [0.29, 0.717) is 28.0 Å². The van der Waals surface area contributed by atoms with Gasteiger partial charge in [0.2, 0.25) is 5.91 Å². The molecule has 3 rings (SSSR count). The Bertz CT molecular complexity index is 898. The van der Waals surface area contributed by atoms with E-state index in [-0.39, 0.29) is 15.9 Å². The van der Waals surface area contributed by atoms with E-state index in [1.165, 1.54) is 23.1 Å². The molecule has 1 aromatic heterocycles. The highest BCUT2D eigenvalue weighted by atomic mass is 79.9. The van der Waals surface area contributed by atoms with Crippen LogP contribution in [0.25, 0.3) is 0 Å². The number of aryl methyl sites for hydroxylation is 1. The predicted octanol–water partition coefficient (Wildman–Crippen LogP) is 3.04. The first-order chi connectivity index (χ1) is 11.3. The summed E-state index contributed by atoms with van der Waals surface area (Å²) in [4.78, 5) is 14.0. The molecule has 1 N–H and O–H groups in total. The molecule has 9 heteroatoms. The molecule has 1 aliphatic rings. The van der Waals surface area contributed by atoms with Crippen LogP contribution in [0.4, 0.5) is 10.1 Å². The fourth-order valence-electron chi connectivity index (χ4n) is 2.53. The molecule has 0 aliphatic carbocycles. The Morgan fingerprint density at radius 2 is 2.08 bits per heavy atom. The quantitative estimate of drug-likeness (QED) is 0.806. The summed E-state index contributed by atoms with van der Waals surface area (Å²) in [6.45, 7) is 2.00. The first kappa shape index (κ1) is 17.5. The summed E-state index contributed by atoms with van der Waals surface area (Å²) in [5, 5.41) is 0. The van der Waals surface area contributed by atoms with E-state index in [1.54, 1.807) is 19.1 Å². The zero-order valence-corrected chi connectivity index (χ0v) is 15.8. The molecule has 0 unspecified atom stereocenters. The van der Waals surface area contributed by atoms with E-state index in [0.717, 1.165) is 11.3 Å². The van der Waals surface area contributed by atoms with Crippen molar-refractivity contribution in [1.82, 2.24) is 4.72 Å². The SMILES string of the molecule is Cc1cc(N2CC[C@H](NS(=O)(=O)c3ccc(Br)s3)C2=O)ccc1F. The van der Waals surface area contributed by atoms with Gasteiger partial charge >= 0.3 is 0 Å². The van der Waals surface area contributed by atoms with Crippen LogP contribution < -0.4 is 9.62 Å². The van der Waals surface area contributed by atoms with Gasteiger partial charge in [-0.1, -0.05) is 0 Å². The molecule has 2 heterocycles. The maximum absolute atomic E-state index is 13.4. The lowest BCUT2D eigenvalue weighted by Gasteiger charge is -2.18. The lowest BCUT2D eigenvalue weighted by molar-refractivity contribution is -0.118.